The van der Waals surface area contributed by atoms with Gasteiger partial charge in [-0.15, -0.1) is 0 Å². The van der Waals surface area contributed by atoms with E-state index in [1.165, 1.54) is 0 Å². The minimum atomic E-state index is -0.0111. The predicted molar refractivity (Wildman–Crippen MR) is 83.7 cm³/mol. The normalized spacial score (nSPS) is 13.4. The molecule has 0 aliphatic rings. The molecule has 108 valence electrons. The molecule has 0 saturated heterocycles. The number of nitrogen functional groups attached to an aromatic ring is 1. The first-order valence-electron chi connectivity index (χ1n) is 6.86. The number of hydrogen-bond acceptors (Lipinski definition) is 2. The van der Waals surface area contributed by atoms with E-state index in [0.717, 1.165) is 10.9 Å². The Balaban J connectivity index is 2.34. The molecule has 0 spiro atoms. The highest BCUT2D eigenvalue weighted by Crippen LogP contribution is 2.26. The molecule has 1 amide bonds. The highest BCUT2D eigenvalue weighted by molar-refractivity contribution is 6.00. The van der Waals surface area contributed by atoms with Crippen molar-refractivity contribution in [3.63, 3.8) is 0 Å². The van der Waals surface area contributed by atoms with Crippen molar-refractivity contribution < 1.29 is 4.79 Å². The van der Waals surface area contributed by atoms with Crippen molar-refractivity contribution in [3.8, 4) is 0 Å². The van der Waals surface area contributed by atoms with Crippen molar-refractivity contribution in [1.82, 2.24) is 9.88 Å². The zero-order chi connectivity index (χ0) is 15.1. The van der Waals surface area contributed by atoms with Crippen LogP contribution in [0.4, 0.5) is 5.69 Å². The number of anilines is 1. The topological polar surface area (TPSA) is 62.1 Å². The number of benzene rings is 1. The van der Waals surface area contributed by atoms with E-state index in [4.69, 9.17) is 5.73 Å². The summed E-state index contributed by atoms with van der Waals surface area (Å²) >= 11 is 0. The molecular formula is C16H23N3O. The van der Waals surface area contributed by atoms with Gasteiger partial charge in [0.1, 0.15) is 5.69 Å². The molecule has 0 aliphatic carbocycles. The van der Waals surface area contributed by atoms with Crippen LogP contribution in [-0.2, 0) is 0 Å². The van der Waals surface area contributed by atoms with E-state index >= 15 is 0 Å². The van der Waals surface area contributed by atoms with Gasteiger partial charge in [-0.2, -0.15) is 0 Å². The largest absolute Gasteiger partial charge is 0.397 e. The van der Waals surface area contributed by atoms with E-state index in [1.807, 2.05) is 31.3 Å². The maximum absolute atomic E-state index is 12.6. The summed E-state index contributed by atoms with van der Waals surface area (Å²) in [5.74, 6) is -0.0111. The summed E-state index contributed by atoms with van der Waals surface area (Å²) in [6.45, 7) is 8.45. The minimum Gasteiger partial charge on any atom is -0.397 e. The molecule has 1 aromatic heterocycles. The number of aromatic amines is 1. The maximum atomic E-state index is 12.6. The van der Waals surface area contributed by atoms with Crippen LogP contribution in [0.2, 0.25) is 0 Å². The van der Waals surface area contributed by atoms with Gasteiger partial charge in [0.2, 0.25) is 0 Å². The standard InChI is InChI=1S/C16H23N3O/c1-10(16(2,3)4)19(5)15(20)13-9-11-7-6-8-12(17)14(11)18-13/h6-10,18H,17H2,1-5H3. The average molecular weight is 273 g/mol. The summed E-state index contributed by atoms with van der Waals surface area (Å²) in [5, 5.41) is 0.963. The Morgan fingerprint density at radius 3 is 2.55 bits per heavy atom. The molecule has 1 aromatic carbocycles. The van der Waals surface area contributed by atoms with Crippen LogP contribution < -0.4 is 5.73 Å². The van der Waals surface area contributed by atoms with Gasteiger partial charge in [0.05, 0.1) is 11.2 Å². The number of carbonyl (C=O) groups excluding carboxylic acids is 1. The number of nitrogens with zero attached hydrogens (tertiary/aromatic N) is 1. The van der Waals surface area contributed by atoms with Crippen molar-refractivity contribution in [2.75, 3.05) is 12.8 Å². The van der Waals surface area contributed by atoms with Gasteiger partial charge in [-0.05, 0) is 24.5 Å². The van der Waals surface area contributed by atoms with Gasteiger partial charge < -0.3 is 15.6 Å². The van der Waals surface area contributed by atoms with Crippen molar-refractivity contribution >= 4 is 22.5 Å². The number of nitrogens with two attached hydrogens (primary N) is 1. The highest BCUT2D eigenvalue weighted by atomic mass is 16.2. The van der Waals surface area contributed by atoms with Crippen LogP contribution in [0, 0.1) is 5.41 Å². The zero-order valence-corrected chi connectivity index (χ0v) is 12.8. The molecule has 0 bridgehead atoms. The molecule has 2 rings (SSSR count). The van der Waals surface area contributed by atoms with Gasteiger partial charge in [-0.3, -0.25) is 4.79 Å². The van der Waals surface area contributed by atoms with Crippen LogP contribution in [-0.4, -0.2) is 28.9 Å². The summed E-state index contributed by atoms with van der Waals surface area (Å²) < 4.78 is 0. The lowest BCUT2D eigenvalue weighted by Crippen LogP contribution is -2.43. The Labute approximate surface area is 120 Å². The molecule has 1 atom stereocenters. The Kier molecular flexibility index (Phi) is 3.50. The van der Waals surface area contributed by atoms with Crippen molar-refractivity contribution in [1.29, 1.82) is 0 Å². The fraction of sp³-hybridized carbons (Fsp3) is 0.438. The molecule has 2 aromatic rings. The smallest absolute Gasteiger partial charge is 0.270 e. The number of H-pyrrole nitrogens is 1. The first kappa shape index (κ1) is 14.4. The quantitative estimate of drug-likeness (QED) is 0.825. The lowest BCUT2D eigenvalue weighted by Gasteiger charge is -2.35. The number of fused-ring (bicyclic) bond motifs is 1. The molecular weight excluding hydrogens is 250 g/mol. The lowest BCUT2D eigenvalue weighted by molar-refractivity contribution is 0.0624. The number of hydrogen-bond donors (Lipinski definition) is 2. The molecule has 3 N–H and O–H groups in total. The van der Waals surface area contributed by atoms with Crippen molar-refractivity contribution in [2.45, 2.75) is 33.7 Å². The first-order chi connectivity index (χ1) is 9.21. The average Bonchev–Trinajstić information content (AvgIpc) is 2.80. The fourth-order valence-corrected chi connectivity index (χ4v) is 2.24. The van der Waals surface area contributed by atoms with Gasteiger partial charge in [-0.25, -0.2) is 0 Å². The van der Waals surface area contributed by atoms with Gasteiger partial charge >= 0.3 is 0 Å². The SMILES string of the molecule is CC(N(C)C(=O)c1cc2cccc(N)c2[nH]1)C(C)(C)C. The molecule has 4 nitrogen and oxygen atoms in total. The molecule has 0 aliphatic heterocycles. The Hall–Kier alpha value is -1.97. The van der Waals surface area contributed by atoms with Crippen molar-refractivity contribution in [3.05, 3.63) is 30.0 Å². The third-order valence-electron chi connectivity index (χ3n) is 4.07. The molecule has 0 radical (unpaired) electrons. The predicted octanol–water partition coefficient (Wildman–Crippen LogP) is 3.26. The van der Waals surface area contributed by atoms with Crippen LogP contribution in [0.1, 0.15) is 38.2 Å². The number of aromatic nitrogens is 1. The number of carbonyl (C=O) groups is 1. The minimum absolute atomic E-state index is 0.0111. The maximum Gasteiger partial charge on any atom is 0.270 e. The molecule has 1 unspecified atom stereocenters. The second-order valence-electron chi connectivity index (χ2n) is 6.45. The lowest BCUT2D eigenvalue weighted by atomic mass is 9.87. The second-order valence-corrected chi connectivity index (χ2v) is 6.45. The van der Waals surface area contributed by atoms with Crippen LogP contribution in [0.25, 0.3) is 10.9 Å². The van der Waals surface area contributed by atoms with Crippen LogP contribution >= 0.6 is 0 Å². The third kappa shape index (κ3) is 2.50. The first-order valence-corrected chi connectivity index (χ1v) is 6.86. The summed E-state index contributed by atoms with van der Waals surface area (Å²) in [7, 11) is 1.84. The van der Waals surface area contributed by atoms with E-state index < -0.39 is 0 Å². The van der Waals surface area contributed by atoms with E-state index in [0.29, 0.717) is 11.4 Å². The van der Waals surface area contributed by atoms with Gasteiger partial charge in [0.15, 0.2) is 0 Å². The summed E-state index contributed by atoms with van der Waals surface area (Å²) in [6.07, 6.45) is 0. The summed E-state index contributed by atoms with van der Waals surface area (Å²) in [4.78, 5) is 17.5. The van der Waals surface area contributed by atoms with Crippen LogP contribution in [0.3, 0.4) is 0 Å². The zero-order valence-electron chi connectivity index (χ0n) is 12.8. The van der Waals surface area contributed by atoms with E-state index in [-0.39, 0.29) is 17.4 Å². The number of para-hydroxylation sites is 1. The number of amides is 1. The van der Waals surface area contributed by atoms with Gasteiger partial charge in [0.25, 0.3) is 5.91 Å². The number of nitrogens with one attached hydrogen (secondary N) is 1. The molecule has 0 saturated carbocycles. The molecule has 1 heterocycles. The Bertz CT molecular complexity index is 637. The number of rotatable bonds is 2. The monoisotopic (exact) mass is 273 g/mol. The fourth-order valence-electron chi connectivity index (χ4n) is 2.24. The van der Waals surface area contributed by atoms with E-state index in [2.05, 4.69) is 32.7 Å². The third-order valence-corrected chi connectivity index (χ3v) is 4.07. The Morgan fingerprint density at radius 1 is 1.35 bits per heavy atom. The van der Waals surface area contributed by atoms with Crippen LogP contribution in [0.5, 0.6) is 0 Å². The van der Waals surface area contributed by atoms with Gasteiger partial charge in [-0.1, -0.05) is 32.9 Å². The molecule has 4 heteroatoms. The van der Waals surface area contributed by atoms with E-state index in [9.17, 15) is 4.79 Å². The highest BCUT2D eigenvalue weighted by Gasteiger charge is 2.28. The summed E-state index contributed by atoms with van der Waals surface area (Å²) in [6, 6.07) is 7.67. The molecule has 20 heavy (non-hydrogen) atoms. The summed E-state index contributed by atoms with van der Waals surface area (Å²) in [5.41, 5.74) is 8.02. The Morgan fingerprint density at radius 2 is 2.00 bits per heavy atom. The second kappa shape index (κ2) is 4.85. The molecule has 0 fully saturated rings. The van der Waals surface area contributed by atoms with E-state index in [1.54, 1.807) is 4.90 Å². The van der Waals surface area contributed by atoms with Crippen molar-refractivity contribution in [2.24, 2.45) is 5.41 Å². The van der Waals surface area contributed by atoms with Gasteiger partial charge in [0, 0.05) is 18.5 Å². The van der Waals surface area contributed by atoms with Crippen LogP contribution in [0.15, 0.2) is 24.3 Å².